The van der Waals surface area contributed by atoms with Crippen LogP contribution in [-0.4, -0.2) is 34.1 Å². The lowest BCUT2D eigenvalue weighted by atomic mass is 10.2. The molecule has 0 bridgehead atoms. The van der Waals surface area contributed by atoms with E-state index in [0.29, 0.717) is 17.9 Å². The molecule has 0 amide bonds. The summed E-state index contributed by atoms with van der Waals surface area (Å²) >= 11 is 0. The second-order valence-electron chi connectivity index (χ2n) is 4.03. The molecule has 7 heteroatoms. The Bertz CT molecular complexity index is 565. The van der Waals surface area contributed by atoms with Crippen LogP contribution in [0, 0.1) is 10.1 Å². The summed E-state index contributed by atoms with van der Waals surface area (Å²) in [4.78, 5) is 16.4. The molecule has 94 valence electrons. The van der Waals surface area contributed by atoms with E-state index in [-0.39, 0.29) is 11.6 Å². The Hall–Kier alpha value is -2.28. The Morgan fingerprint density at radius 3 is 2.78 bits per heavy atom. The van der Waals surface area contributed by atoms with E-state index in [9.17, 15) is 10.1 Å². The van der Waals surface area contributed by atoms with Crippen LogP contribution in [-0.2, 0) is 6.54 Å². The van der Waals surface area contributed by atoms with Gasteiger partial charge in [0.15, 0.2) is 5.82 Å². The molecule has 0 N–H and O–H groups in total. The van der Waals surface area contributed by atoms with Crippen LogP contribution >= 0.6 is 0 Å². The van der Waals surface area contributed by atoms with Gasteiger partial charge in [0.25, 0.3) is 11.6 Å². The summed E-state index contributed by atoms with van der Waals surface area (Å²) in [5.74, 6) is 0.660. The van der Waals surface area contributed by atoms with Crippen LogP contribution in [0.25, 0.3) is 11.5 Å². The Kier molecular flexibility index (Phi) is 3.33. The van der Waals surface area contributed by atoms with Crippen LogP contribution < -0.4 is 0 Å². The molecule has 18 heavy (non-hydrogen) atoms. The summed E-state index contributed by atoms with van der Waals surface area (Å²) in [5, 5.41) is 14.7. The Morgan fingerprint density at radius 1 is 1.39 bits per heavy atom. The fraction of sp³-hybridized carbons (Fsp3) is 0.273. The van der Waals surface area contributed by atoms with E-state index in [1.54, 1.807) is 18.2 Å². The highest BCUT2D eigenvalue weighted by Crippen LogP contribution is 2.27. The van der Waals surface area contributed by atoms with Crippen molar-refractivity contribution in [1.29, 1.82) is 0 Å². The lowest BCUT2D eigenvalue weighted by Crippen LogP contribution is -2.11. The topological polar surface area (TPSA) is 85.3 Å². The SMILES string of the molecule is CN(C)Cc1noc(-c2ccccc2[N+](=O)[O-])n1. The summed E-state index contributed by atoms with van der Waals surface area (Å²) in [6, 6.07) is 6.28. The zero-order valence-electron chi connectivity index (χ0n) is 10.0. The molecule has 2 rings (SSSR count). The second-order valence-corrected chi connectivity index (χ2v) is 4.03. The van der Waals surface area contributed by atoms with Crippen molar-refractivity contribution in [2.75, 3.05) is 14.1 Å². The third kappa shape index (κ3) is 2.51. The highest BCUT2D eigenvalue weighted by Gasteiger charge is 2.19. The zero-order chi connectivity index (χ0) is 13.1. The first kappa shape index (κ1) is 12.2. The average Bonchev–Trinajstić information content (AvgIpc) is 2.76. The van der Waals surface area contributed by atoms with Crippen molar-refractivity contribution >= 4 is 5.69 Å². The van der Waals surface area contributed by atoms with Crippen molar-refractivity contribution < 1.29 is 9.45 Å². The van der Waals surface area contributed by atoms with Crippen molar-refractivity contribution in [3.8, 4) is 11.5 Å². The quantitative estimate of drug-likeness (QED) is 0.604. The fourth-order valence-electron chi connectivity index (χ4n) is 1.52. The number of aromatic nitrogens is 2. The van der Waals surface area contributed by atoms with Gasteiger partial charge in [-0.25, -0.2) is 0 Å². The summed E-state index contributed by atoms with van der Waals surface area (Å²) in [6.45, 7) is 0.518. The van der Waals surface area contributed by atoms with E-state index in [1.165, 1.54) is 6.07 Å². The standard InChI is InChI=1S/C11H12N4O3/c1-14(2)7-10-12-11(18-13-10)8-5-3-4-6-9(8)15(16)17/h3-6H,7H2,1-2H3. The first-order valence-electron chi connectivity index (χ1n) is 5.29. The summed E-state index contributed by atoms with van der Waals surface area (Å²) < 4.78 is 5.05. The van der Waals surface area contributed by atoms with E-state index in [4.69, 9.17) is 4.52 Å². The Balaban J connectivity index is 2.37. The number of para-hydroxylation sites is 1. The van der Waals surface area contributed by atoms with Gasteiger partial charge in [-0.15, -0.1) is 0 Å². The largest absolute Gasteiger partial charge is 0.334 e. The van der Waals surface area contributed by atoms with Crippen molar-refractivity contribution in [3.63, 3.8) is 0 Å². The number of hydrogen-bond acceptors (Lipinski definition) is 6. The molecule has 1 heterocycles. The average molecular weight is 248 g/mol. The van der Waals surface area contributed by atoms with Gasteiger partial charge in [-0.3, -0.25) is 10.1 Å². The molecule has 0 spiro atoms. The summed E-state index contributed by atoms with van der Waals surface area (Å²) in [5.41, 5.74) is 0.289. The minimum absolute atomic E-state index is 0.0439. The minimum atomic E-state index is -0.467. The summed E-state index contributed by atoms with van der Waals surface area (Å²) in [6.07, 6.45) is 0. The number of nitro groups is 1. The van der Waals surface area contributed by atoms with Crippen molar-refractivity contribution in [2.24, 2.45) is 0 Å². The van der Waals surface area contributed by atoms with Crippen LogP contribution in [0.15, 0.2) is 28.8 Å². The van der Waals surface area contributed by atoms with Crippen LogP contribution in [0.2, 0.25) is 0 Å². The zero-order valence-corrected chi connectivity index (χ0v) is 10.0. The molecule has 7 nitrogen and oxygen atoms in total. The molecule has 0 aliphatic carbocycles. The smallest absolute Gasteiger partial charge is 0.282 e. The Morgan fingerprint density at radius 2 is 2.11 bits per heavy atom. The Labute approximate surface area is 103 Å². The number of hydrogen-bond donors (Lipinski definition) is 0. The molecule has 0 unspecified atom stereocenters. The number of nitrogens with zero attached hydrogens (tertiary/aromatic N) is 4. The van der Waals surface area contributed by atoms with Crippen molar-refractivity contribution in [3.05, 3.63) is 40.2 Å². The van der Waals surface area contributed by atoms with E-state index in [0.717, 1.165) is 0 Å². The van der Waals surface area contributed by atoms with E-state index in [2.05, 4.69) is 10.1 Å². The molecule has 2 aromatic rings. The molecule has 0 saturated carbocycles. The van der Waals surface area contributed by atoms with Gasteiger partial charge in [0.05, 0.1) is 11.5 Å². The van der Waals surface area contributed by atoms with Gasteiger partial charge < -0.3 is 9.42 Å². The molecule has 0 atom stereocenters. The number of nitro benzene ring substituents is 1. The maximum absolute atomic E-state index is 10.9. The normalized spacial score (nSPS) is 10.8. The van der Waals surface area contributed by atoms with Gasteiger partial charge in [-0.05, 0) is 20.2 Å². The van der Waals surface area contributed by atoms with E-state index < -0.39 is 4.92 Å². The van der Waals surface area contributed by atoms with Gasteiger partial charge >= 0.3 is 0 Å². The molecule has 0 aliphatic heterocycles. The van der Waals surface area contributed by atoms with Crippen LogP contribution in [0.1, 0.15) is 5.82 Å². The van der Waals surface area contributed by atoms with Crippen molar-refractivity contribution in [1.82, 2.24) is 15.0 Å². The maximum atomic E-state index is 10.9. The first-order chi connectivity index (χ1) is 8.58. The highest BCUT2D eigenvalue weighted by molar-refractivity contribution is 5.66. The molecule has 1 aromatic carbocycles. The van der Waals surface area contributed by atoms with Gasteiger partial charge in [-0.2, -0.15) is 4.98 Å². The van der Waals surface area contributed by atoms with Crippen LogP contribution in [0.4, 0.5) is 5.69 Å². The lowest BCUT2D eigenvalue weighted by molar-refractivity contribution is -0.384. The van der Waals surface area contributed by atoms with Crippen LogP contribution in [0.5, 0.6) is 0 Å². The number of rotatable bonds is 4. The molecule has 0 fully saturated rings. The predicted molar refractivity (Wildman–Crippen MR) is 63.8 cm³/mol. The molecule has 0 aliphatic rings. The van der Waals surface area contributed by atoms with Crippen LogP contribution in [0.3, 0.4) is 0 Å². The maximum Gasteiger partial charge on any atom is 0.282 e. The highest BCUT2D eigenvalue weighted by atomic mass is 16.6. The van der Waals surface area contributed by atoms with Crippen molar-refractivity contribution in [2.45, 2.75) is 6.54 Å². The first-order valence-corrected chi connectivity index (χ1v) is 5.29. The van der Waals surface area contributed by atoms with Gasteiger partial charge in [0.1, 0.15) is 5.56 Å². The monoisotopic (exact) mass is 248 g/mol. The summed E-state index contributed by atoms with van der Waals surface area (Å²) in [7, 11) is 3.75. The lowest BCUT2D eigenvalue weighted by Gasteiger charge is -2.03. The van der Waals surface area contributed by atoms with Gasteiger partial charge in [-0.1, -0.05) is 17.3 Å². The molecular formula is C11H12N4O3. The molecule has 1 aromatic heterocycles. The number of benzene rings is 1. The molecule has 0 radical (unpaired) electrons. The van der Waals surface area contributed by atoms with E-state index in [1.807, 2.05) is 19.0 Å². The third-order valence-electron chi connectivity index (χ3n) is 2.26. The van der Waals surface area contributed by atoms with Gasteiger partial charge in [0, 0.05) is 6.07 Å². The predicted octanol–water partition coefficient (Wildman–Crippen LogP) is 1.71. The fourth-order valence-corrected chi connectivity index (χ4v) is 1.52. The molecule has 0 saturated heterocycles. The van der Waals surface area contributed by atoms with E-state index >= 15 is 0 Å². The minimum Gasteiger partial charge on any atom is -0.334 e. The second kappa shape index (κ2) is 4.92. The van der Waals surface area contributed by atoms with Gasteiger partial charge in [0.2, 0.25) is 0 Å². The molecular weight excluding hydrogens is 236 g/mol. The third-order valence-corrected chi connectivity index (χ3v) is 2.26.